The van der Waals surface area contributed by atoms with Gasteiger partial charge in [0.25, 0.3) is 0 Å². The second-order valence-corrected chi connectivity index (χ2v) is 5.57. The molecule has 0 heterocycles. The number of benzene rings is 2. The Bertz CT molecular complexity index is 680. The smallest absolute Gasteiger partial charge is 0.197 e. The summed E-state index contributed by atoms with van der Waals surface area (Å²) in [5.41, 5.74) is 0.658. The number of aliphatic hydroxyl groups excluding tert-OH is 1. The minimum absolute atomic E-state index is 0. The molecule has 2 rings (SSSR count). The van der Waals surface area contributed by atoms with Crippen LogP contribution in [0.3, 0.4) is 0 Å². The maximum atomic E-state index is 14.9. The molecular weight excluding hydrogens is 352 g/mol. The molecule has 0 fully saturated rings. The van der Waals surface area contributed by atoms with Crippen LogP contribution in [0.1, 0.15) is 40.9 Å². The van der Waals surface area contributed by atoms with Crippen molar-refractivity contribution in [2.75, 3.05) is 13.2 Å². The molecule has 0 aliphatic carbocycles. The zero-order chi connectivity index (χ0) is 16.8. The lowest BCUT2D eigenvalue weighted by molar-refractivity contribution is 0.103. The molecule has 0 spiro atoms. The van der Waals surface area contributed by atoms with E-state index in [0.717, 1.165) is 0 Å². The highest BCUT2D eigenvalue weighted by Gasteiger charge is 2.23. The topological polar surface area (TPSA) is 49.3 Å². The summed E-state index contributed by atoms with van der Waals surface area (Å²) in [5, 5.41) is 12.1. The first-order chi connectivity index (χ1) is 11.1. The Labute approximate surface area is 152 Å². The Morgan fingerprint density at radius 1 is 1.25 bits per heavy atom. The van der Waals surface area contributed by atoms with Crippen LogP contribution in [0.4, 0.5) is 4.39 Å². The normalized spacial score (nSPS) is 11.7. The number of hydrogen-bond acceptors (Lipinski definition) is 3. The molecule has 3 nitrogen and oxygen atoms in total. The van der Waals surface area contributed by atoms with Gasteiger partial charge in [-0.25, -0.2) is 4.39 Å². The Kier molecular flexibility index (Phi) is 8.36. The number of halogens is 3. The third-order valence-corrected chi connectivity index (χ3v) is 3.99. The van der Waals surface area contributed by atoms with Crippen LogP contribution in [0, 0.1) is 5.82 Å². The van der Waals surface area contributed by atoms with E-state index in [2.05, 4.69) is 5.32 Å². The fraction of sp³-hybridized carbons (Fsp3) is 0.278. The summed E-state index contributed by atoms with van der Waals surface area (Å²) in [6, 6.07) is 11.3. The molecule has 0 aromatic heterocycles. The van der Waals surface area contributed by atoms with E-state index in [4.69, 9.17) is 16.7 Å². The van der Waals surface area contributed by atoms with Crippen molar-refractivity contribution in [3.63, 3.8) is 0 Å². The fourth-order valence-corrected chi connectivity index (χ4v) is 2.72. The van der Waals surface area contributed by atoms with E-state index < -0.39 is 11.6 Å². The standard InChI is InChI=1S/C18H19ClFNO2.ClH/c1-2-15(21-10-11-22)13-8-9-14(19)16(17(13)20)18(23)12-6-4-3-5-7-12;/h3-9,15,21-22H,2,10-11H2,1H3;1H/t15-;/m1./s1. The Balaban J connectivity index is 0.00000288. The van der Waals surface area contributed by atoms with Crippen LogP contribution in [0.25, 0.3) is 0 Å². The average molecular weight is 372 g/mol. The lowest BCUT2D eigenvalue weighted by Gasteiger charge is -2.19. The van der Waals surface area contributed by atoms with Gasteiger partial charge in [-0.15, -0.1) is 12.4 Å². The number of nitrogens with one attached hydrogen (secondary N) is 1. The summed E-state index contributed by atoms with van der Waals surface area (Å²) < 4.78 is 14.9. The van der Waals surface area contributed by atoms with E-state index in [1.165, 1.54) is 0 Å². The third kappa shape index (κ3) is 4.54. The van der Waals surface area contributed by atoms with Gasteiger partial charge in [0.1, 0.15) is 5.82 Å². The molecular formula is C18H20Cl2FNO2. The number of carbonyl (C=O) groups is 1. The lowest BCUT2D eigenvalue weighted by Crippen LogP contribution is -2.25. The molecule has 0 bridgehead atoms. The van der Waals surface area contributed by atoms with Crippen LogP contribution in [0.2, 0.25) is 5.02 Å². The van der Waals surface area contributed by atoms with E-state index >= 15 is 0 Å². The molecule has 1 atom stereocenters. The van der Waals surface area contributed by atoms with Gasteiger partial charge in [0.05, 0.1) is 17.2 Å². The third-order valence-electron chi connectivity index (χ3n) is 3.67. The largest absolute Gasteiger partial charge is 0.395 e. The van der Waals surface area contributed by atoms with Crippen molar-refractivity contribution in [1.29, 1.82) is 0 Å². The van der Waals surface area contributed by atoms with Crippen LogP contribution in [0.15, 0.2) is 42.5 Å². The quantitative estimate of drug-likeness (QED) is 0.718. The first-order valence-electron chi connectivity index (χ1n) is 7.52. The maximum Gasteiger partial charge on any atom is 0.197 e. The van der Waals surface area contributed by atoms with E-state index in [-0.39, 0.29) is 35.6 Å². The molecule has 0 saturated heterocycles. The predicted octanol–water partition coefficient (Wildman–Crippen LogP) is 4.16. The molecule has 0 amide bonds. The van der Waals surface area contributed by atoms with Crippen LogP contribution in [-0.2, 0) is 0 Å². The second-order valence-electron chi connectivity index (χ2n) is 5.16. The maximum absolute atomic E-state index is 14.9. The van der Waals surface area contributed by atoms with E-state index in [9.17, 15) is 9.18 Å². The molecule has 0 radical (unpaired) electrons. The lowest BCUT2D eigenvalue weighted by atomic mass is 9.96. The molecule has 0 aliphatic heterocycles. The van der Waals surface area contributed by atoms with Crippen LogP contribution in [-0.4, -0.2) is 24.0 Å². The number of hydrogen-bond donors (Lipinski definition) is 2. The average Bonchev–Trinajstić information content (AvgIpc) is 2.57. The van der Waals surface area contributed by atoms with Gasteiger partial charge in [-0.2, -0.15) is 0 Å². The van der Waals surface area contributed by atoms with Crippen LogP contribution < -0.4 is 5.32 Å². The summed E-state index contributed by atoms with van der Waals surface area (Å²) in [6.45, 7) is 2.21. The molecule has 24 heavy (non-hydrogen) atoms. The minimum Gasteiger partial charge on any atom is -0.395 e. The van der Waals surface area contributed by atoms with Crippen LogP contribution in [0.5, 0.6) is 0 Å². The number of ketones is 1. The molecule has 0 saturated carbocycles. The van der Waals surface area contributed by atoms with E-state index in [1.54, 1.807) is 42.5 Å². The molecule has 0 unspecified atom stereocenters. The first-order valence-corrected chi connectivity index (χ1v) is 7.89. The Morgan fingerprint density at radius 3 is 2.50 bits per heavy atom. The molecule has 0 aliphatic rings. The zero-order valence-electron chi connectivity index (χ0n) is 13.3. The highest BCUT2D eigenvalue weighted by molar-refractivity contribution is 6.35. The van der Waals surface area contributed by atoms with Gasteiger partial charge in [0.15, 0.2) is 5.78 Å². The monoisotopic (exact) mass is 371 g/mol. The van der Waals surface area contributed by atoms with E-state index in [1.807, 2.05) is 6.92 Å². The van der Waals surface area contributed by atoms with Crippen molar-refractivity contribution < 1.29 is 14.3 Å². The first kappa shape index (κ1) is 20.6. The van der Waals surface area contributed by atoms with Gasteiger partial charge in [0, 0.05) is 23.7 Å². The molecule has 2 N–H and O–H groups in total. The van der Waals surface area contributed by atoms with E-state index in [0.29, 0.717) is 24.1 Å². The SMILES string of the molecule is CC[C@@H](NCCO)c1ccc(Cl)c(C(=O)c2ccccc2)c1F.Cl. The zero-order valence-corrected chi connectivity index (χ0v) is 14.8. The number of rotatable bonds is 7. The number of aliphatic hydroxyl groups is 1. The predicted molar refractivity (Wildman–Crippen MR) is 96.7 cm³/mol. The molecule has 2 aromatic rings. The van der Waals surface area contributed by atoms with Crippen molar-refractivity contribution in [1.82, 2.24) is 5.32 Å². The Hall–Kier alpha value is -1.46. The molecule has 130 valence electrons. The second kappa shape index (κ2) is 9.74. The van der Waals surface area contributed by atoms with Crippen LogP contribution >= 0.6 is 24.0 Å². The fourth-order valence-electron chi connectivity index (χ4n) is 2.49. The summed E-state index contributed by atoms with van der Waals surface area (Å²) in [7, 11) is 0. The van der Waals surface area contributed by atoms with Gasteiger partial charge in [0.2, 0.25) is 0 Å². The van der Waals surface area contributed by atoms with Crippen molar-refractivity contribution >= 4 is 29.8 Å². The number of carbonyl (C=O) groups excluding carboxylic acids is 1. The molecule has 6 heteroatoms. The Morgan fingerprint density at radius 2 is 1.92 bits per heavy atom. The summed E-state index contributed by atoms with van der Waals surface area (Å²) in [5.74, 6) is -1.05. The van der Waals surface area contributed by atoms with Gasteiger partial charge < -0.3 is 10.4 Å². The summed E-state index contributed by atoms with van der Waals surface area (Å²) in [4.78, 5) is 12.6. The van der Waals surface area contributed by atoms with Crippen molar-refractivity contribution in [2.45, 2.75) is 19.4 Å². The van der Waals surface area contributed by atoms with Crippen molar-refractivity contribution in [2.24, 2.45) is 0 Å². The highest BCUT2D eigenvalue weighted by atomic mass is 35.5. The van der Waals surface area contributed by atoms with Crippen molar-refractivity contribution in [3.8, 4) is 0 Å². The minimum atomic E-state index is -0.608. The summed E-state index contributed by atoms with van der Waals surface area (Å²) >= 11 is 6.08. The van der Waals surface area contributed by atoms with Gasteiger partial charge in [-0.05, 0) is 12.5 Å². The molecule has 2 aromatic carbocycles. The van der Waals surface area contributed by atoms with Crippen molar-refractivity contribution in [3.05, 3.63) is 70.0 Å². The highest BCUT2D eigenvalue weighted by Crippen LogP contribution is 2.29. The summed E-state index contributed by atoms with van der Waals surface area (Å²) in [6.07, 6.45) is 0.623. The van der Waals surface area contributed by atoms with Gasteiger partial charge >= 0.3 is 0 Å². The van der Waals surface area contributed by atoms with Gasteiger partial charge in [-0.3, -0.25) is 4.79 Å². The van der Waals surface area contributed by atoms with Gasteiger partial charge in [-0.1, -0.05) is 54.9 Å².